The van der Waals surface area contributed by atoms with Crippen LogP contribution in [0, 0.1) is 6.92 Å². The molecular formula is C22H17ClF3N5O3S. The molecule has 0 spiro atoms. The summed E-state index contributed by atoms with van der Waals surface area (Å²) >= 11 is 6.07. The third-order valence-electron chi connectivity index (χ3n) is 5.05. The summed E-state index contributed by atoms with van der Waals surface area (Å²) in [5, 5.41) is 4.77. The Balaban J connectivity index is 1.84. The average Bonchev–Trinajstić information content (AvgIpc) is 3.26. The molecule has 0 bridgehead atoms. The monoisotopic (exact) mass is 523 g/mol. The summed E-state index contributed by atoms with van der Waals surface area (Å²) in [6.45, 7) is 1.25. The molecule has 8 nitrogen and oxygen atoms in total. The number of halogens is 4. The van der Waals surface area contributed by atoms with Gasteiger partial charge in [0.15, 0.2) is 0 Å². The van der Waals surface area contributed by atoms with Crippen molar-refractivity contribution < 1.29 is 26.4 Å². The van der Waals surface area contributed by atoms with Crippen LogP contribution in [0.3, 0.4) is 0 Å². The van der Waals surface area contributed by atoms with Crippen molar-refractivity contribution in [1.82, 2.24) is 15.0 Å². The quantitative estimate of drug-likeness (QED) is 0.269. The van der Waals surface area contributed by atoms with Crippen molar-refractivity contribution in [2.24, 2.45) is 5.16 Å². The maximum Gasteiger partial charge on any atom is 0.416 e. The Kier molecular flexibility index (Phi) is 6.43. The smallest absolute Gasteiger partial charge is 0.399 e. The number of hydrogen-bond donors (Lipinski definition) is 2. The van der Waals surface area contributed by atoms with Gasteiger partial charge in [0.2, 0.25) is 0 Å². The minimum Gasteiger partial charge on any atom is -0.399 e. The fourth-order valence-corrected chi connectivity index (χ4v) is 4.70. The molecule has 0 radical (unpaired) electrons. The summed E-state index contributed by atoms with van der Waals surface area (Å²) in [6, 6.07) is 7.41. The van der Waals surface area contributed by atoms with E-state index in [2.05, 4.69) is 24.8 Å². The van der Waals surface area contributed by atoms with E-state index in [0.29, 0.717) is 22.7 Å². The van der Waals surface area contributed by atoms with E-state index in [1.807, 2.05) is 0 Å². The van der Waals surface area contributed by atoms with Crippen LogP contribution in [0.25, 0.3) is 11.0 Å². The fraction of sp³-hybridized carbons (Fsp3) is 0.136. The van der Waals surface area contributed by atoms with E-state index < -0.39 is 26.7 Å². The third kappa shape index (κ3) is 4.93. The normalized spacial score (nSPS) is 12.7. The van der Waals surface area contributed by atoms with Gasteiger partial charge in [0, 0.05) is 29.5 Å². The van der Waals surface area contributed by atoms with Crippen molar-refractivity contribution in [3.05, 3.63) is 82.4 Å². The van der Waals surface area contributed by atoms with Gasteiger partial charge in [0.25, 0.3) is 10.0 Å². The lowest BCUT2D eigenvalue weighted by atomic mass is 10.0. The van der Waals surface area contributed by atoms with Crippen LogP contribution < -0.4 is 4.72 Å². The molecule has 0 saturated heterocycles. The first-order chi connectivity index (χ1) is 16.5. The first-order valence-electron chi connectivity index (χ1n) is 9.91. The Morgan fingerprint density at radius 1 is 1.17 bits per heavy atom. The topological polar surface area (TPSA) is 109 Å². The minimum absolute atomic E-state index is 0.0386. The molecule has 3 heterocycles. The summed E-state index contributed by atoms with van der Waals surface area (Å²) in [7, 11) is -3.17. The molecule has 3 aromatic heterocycles. The van der Waals surface area contributed by atoms with Gasteiger partial charge in [0.05, 0.1) is 21.2 Å². The molecule has 1 aromatic carbocycles. The average molecular weight is 524 g/mol. The largest absolute Gasteiger partial charge is 0.416 e. The maximum atomic E-state index is 13.4. The van der Waals surface area contributed by atoms with Gasteiger partial charge in [-0.2, -0.15) is 13.2 Å². The number of fused-ring (bicyclic) bond motifs is 1. The predicted molar refractivity (Wildman–Crippen MR) is 125 cm³/mol. The number of benzene rings is 1. The second-order valence-electron chi connectivity index (χ2n) is 7.35. The van der Waals surface area contributed by atoms with Crippen molar-refractivity contribution in [3.63, 3.8) is 0 Å². The van der Waals surface area contributed by atoms with Gasteiger partial charge in [0.1, 0.15) is 24.2 Å². The van der Waals surface area contributed by atoms with Crippen molar-refractivity contribution in [3.8, 4) is 0 Å². The summed E-state index contributed by atoms with van der Waals surface area (Å²) in [5.74, 6) is 0. The van der Waals surface area contributed by atoms with Crippen LogP contribution in [-0.2, 0) is 21.0 Å². The highest BCUT2D eigenvalue weighted by Crippen LogP contribution is 2.34. The number of hydrogen-bond acceptors (Lipinski definition) is 6. The second kappa shape index (κ2) is 9.19. The maximum absolute atomic E-state index is 13.4. The van der Waals surface area contributed by atoms with Crippen LogP contribution >= 0.6 is 11.6 Å². The number of aryl methyl sites for hydroxylation is 1. The predicted octanol–water partition coefficient (Wildman–Crippen LogP) is 5.14. The van der Waals surface area contributed by atoms with Gasteiger partial charge in [-0.3, -0.25) is 9.71 Å². The Labute approximate surface area is 202 Å². The molecule has 182 valence electrons. The number of H-pyrrole nitrogens is 1. The van der Waals surface area contributed by atoms with E-state index in [-0.39, 0.29) is 27.7 Å². The molecule has 13 heteroatoms. The first-order valence-corrected chi connectivity index (χ1v) is 11.8. The SMILES string of the molecule is CON=C(c1ncc(Cl)cc1NS(=O)(=O)c1ccc(C)c(C(F)(F)F)c1)c1ccnc2[nH]ccc12. The first kappa shape index (κ1) is 24.5. The highest BCUT2D eigenvalue weighted by atomic mass is 35.5. The van der Waals surface area contributed by atoms with E-state index in [4.69, 9.17) is 16.4 Å². The number of aromatic amines is 1. The number of sulfonamides is 1. The molecule has 0 aliphatic rings. The summed E-state index contributed by atoms with van der Waals surface area (Å²) in [6.07, 6.45) is -0.257. The summed E-state index contributed by atoms with van der Waals surface area (Å²) in [4.78, 5) is 15.8. The molecule has 0 amide bonds. The third-order valence-corrected chi connectivity index (χ3v) is 6.62. The van der Waals surface area contributed by atoms with Gasteiger partial charge in [-0.15, -0.1) is 0 Å². The van der Waals surface area contributed by atoms with E-state index in [1.165, 1.54) is 32.5 Å². The van der Waals surface area contributed by atoms with Crippen LogP contribution in [0.1, 0.15) is 22.4 Å². The number of alkyl halides is 3. The van der Waals surface area contributed by atoms with Crippen LogP contribution in [0.15, 0.2) is 65.0 Å². The van der Waals surface area contributed by atoms with Crippen molar-refractivity contribution in [1.29, 1.82) is 0 Å². The van der Waals surface area contributed by atoms with E-state index in [9.17, 15) is 21.6 Å². The zero-order valence-corrected chi connectivity index (χ0v) is 19.8. The Morgan fingerprint density at radius 2 is 1.94 bits per heavy atom. The van der Waals surface area contributed by atoms with Gasteiger partial charge >= 0.3 is 6.18 Å². The summed E-state index contributed by atoms with van der Waals surface area (Å²) in [5.41, 5.74) is -0.0273. The second-order valence-corrected chi connectivity index (χ2v) is 9.47. The lowest BCUT2D eigenvalue weighted by molar-refractivity contribution is -0.138. The molecule has 35 heavy (non-hydrogen) atoms. The molecule has 0 unspecified atom stereocenters. The number of rotatable bonds is 6. The Hall–Kier alpha value is -3.64. The van der Waals surface area contributed by atoms with Gasteiger partial charge in [-0.05, 0) is 42.8 Å². The lowest BCUT2D eigenvalue weighted by Gasteiger charge is -2.16. The molecule has 0 aliphatic carbocycles. The number of anilines is 1. The van der Waals surface area contributed by atoms with Gasteiger partial charge < -0.3 is 9.82 Å². The molecule has 0 fully saturated rings. The van der Waals surface area contributed by atoms with Crippen LogP contribution in [0.5, 0.6) is 0 Å². The van der Waals surface area contributed by atoms with Crippen molar-refractivity contribution in [2.45, 2.75) is 18.0 Å². The zero-order chi connectivity index (χ0) is 25.4. The van der Waals surface area contributed by atoms with E-state index in [1.54, 1.807) is 18.3 Å². The highest BCUT2D eigenvalue weighted by Gasteiger charge is 2.34. The molecule has 4 rings (SSSR count). The van der Waals surface area contributed by atoms with Crippen LogP contribution in [0.2, 0.25) is 5.02 Å². The van der Waals surface area contributed by atoms with Crippen LogP contribution in [-0.4, -0.2) is 36.2 Å². The number of nitrogens with one attached hydrogen (secondary N) is 2. The van der Waals surface area contributed by atoms with Crippen LogP contribution in [0.4, 0.5) is 18.9 Å². The lowest BCUT2D eigenvalue weighted by Crippen LogP contribution is -2.19. The number of pyridine rings is 2. The number of aromatic nitrogens is 3. The summed E-state index contributed by atoms with van der Waals surface area (Å²) < 4.78 is 68.6. The minimum atomic E-state index is -4.72. The zero-order valence-electron chi connectivity index (χ0n) is 18.2. The Bertz CT molecular complexity index is 1550. The van der Waals surface area contributed by atoms with Crippen molar-refractivity contribution in [2.75, 3.05) is 11.8 Å². The van der Waals surface area contributed by atoms with E-state index in [0.717, 1.165) is 12.1 Å². The number of nitrogens with zero attached hydrogens (tertiary/aromatic N) is 3. The number of oxime groups is 1. The van der Waals surface area contributed by atoms with Gasteiger partial charge in [-0.25, -0.2) is 13.4 Å². The Morgan fingerprint density at radius 3 is 2.66 bits per heavy atom. The molecule has 2 N–H and O–H groups in total. The fourth-order valence-electron chi connectivity index (χ4n) is 3.46. The molecule has 0 atom stereocenters. The standard InChI is InChI=1S/C22H17ClF3N5O3S/c1-12-3-4-14(10-17(12)22(24,25)26)35(32,33)31-18-9-13(23)11-29-20(18)19(30-34-2)15-5-7-27-21-16(15)6-8-28-21/h3-11,31H,1-2H3,(H,27,28). The molecule has 0 aliphatic heterocycles. The molecule has 4 aromatic rings. The van der Waals surface area contributed by atoms with Gasteiger partial charge in [-0.1, -0.05) is 22.8 Å². The molecular weight excluding hydrogens is 507 g/mol. The van der Waals surface area contributed by atoms with E-state index >= 15 is 0 Å². The molecule has 0 saturated carbocycles. The highest BCUT2D eigenvalue weighted by molar-refractivity contribution is 7.92. The van der Waals surface area contributed by atoms with Crippen molar-refractivity contribution >= 4 is 44.1 Å².